The second-order valence-electron chi connectivity index (χ2n) is 3.07. The summed E-state index contributed by atoms with van der Waals surface area (Å²) in [5, 5.41) is 0. The average molecular weight is 156 g/mol. The van der Waals surface area contributed by atoms with Crippen molar-refractivity contribution in [1.29, 1.82) is 0 Å². The molecule has 1 rings (SSSR count). The summed E-state index contributed by atoms with van der Waals surface area (Å²) in [5.74, 6) is 0.310. The van der Waals surface area contributed by atoms with Crippen LogP contribution in [-0.4, -0.2) is 18.5 Å². The highest BCUT2D eigenvalue weighted by molar-refractivity contribution is 5.83. The monoisotopic (exact) mass is 156 g/mol. The van der Waals surface area contributed by atoms with E-state index in [0.29, 0.717) is 5.78 Å². The molecule has 1 saturated carbocycles. The first kappa shape index (κ1) is 8.72. The van der Waals surface area contributed by atoms with Gasteiger partial charge < -0.3 is 4.74 Å². The number of hydrogen-bond donors (Lipinski definition) is 0. The Balaban J connectivity index is 2.24. The Bertz CT molecular complexity index is 132. The molecule has 1 aliphatic rings. The van der Waals surface area contributed by atoms with Gasteiger partial charge in [0.2, 0.25) is 0 Å². The lowest BCUT2D eigenvalue weighted by Gasteiger charge is -2.20. The Morgan fingerprint density at radius 3 is 3.00 bits per heavy atom. The van der Waals surface area contributed by atoms with Crippen molar-refractivity contribution in [2.24, 2.45) is 0 Å². The van der Waals surface area contributed by atoms with Crippen LogP contribution in [0, 0.1) is 0 Å². The van der Waals surface area contributed by atoms with Gasteiger partial charge in [-0.1, -0.05) is 6.92 Å². The van der Waals surface area contributed by atoms with Crippen molar-refractivity contribution >= 4 is 5.78 Å². The summed E-state index contributed by atoms with van der Waals surface area (Å²) in [7, 11) is 0. The van der Waals surface area contributed by atoms with Crippen molar-refractivity contribution in [2.75, 3.05) is 6.61 Å². The Morgan fingerprint density at radius 1 is 1.55 bits per heavy atom. The molecular weight excluding hydrogens is 140 g/mol. The molecule has 2 nitrogen and oxygen atoms in total. The zero-order valence-electron chi connectivity index (χ0n) is 7.14. The van der Waals surface area contributed by atoms with E-state index in [4.69, 9.17) is 4.74 Å². The second-order valence-corrected chi connectivity index (χ2v) is 3.07. The van der Waals surface area contributed by atoms with Crippen molar-refractivity contribution in [3.63, 3.8) is 0 Å². The molecule has 0 spiro atoms. The van der Waals surface area contributed by atoms with Gasteiger partial charge in [-0.2, -0.15) is 0 Å². The molecule has 0 N–H and O–H groups in total. The van der Waals surface area contributed by atoms with Gasteiger partial charge in [-0.15, -0.1) is 0 Å². The molecule has 0 aromatic rings. The highest BCUT2D eigenvalue weighted by atomic mass is 16.5. The molecule has 0 heterocycles. The van der Waals surface area contributed by atoms with Crippen LogP contribution in [0.4, 0.5) is 0 Å². The lowest BCUT2D eigenvalue weighted by atomic mass is 9.96. The summed E-state index contributed by atoms with van der Waals surface area (Å²) in [5.41, 5.74) is 0. The smallest absolute Gasteiger partial charge is 0.161 e. The fourth-order valence-corrected chi connectivity index (χ4v) is 1.39. The summed E-state index contributed by atoms with van der Waals surface area (Å²) >= 11 is 0. The molecule has 0 bridgehead atoms. The predicted octanol–water partition coefficient (Wildman–Crippen LogP) is 1.92. The van der Waals surface area contributed by atoms with Crippen molar-refractivity contribution in [3.8, 4) is 0 Å². The molecule has 0 aliphatic heterocycles. The molecule has 64 valence electrons. The van der Waals surface area contributed by atoms with E-state index in [1.807, 2.05) is 0 Å². The van der Waals surface area contributed by atoms with Gasteiger partial charge in [0.1, 0.15) is 6.10 Å². The van der Waals surface area contributed by atoms with Gasteiger partial charge in [0.05, 0.1) is 0 Å². The van der Waals surface area contributed by atoms with Crippen LogP contribution in [0.25, 0.3) is 0 Å². The van der Waals surface area contributed by atoms with Gasteiger partial charge in [-0.05, 0) is 25.7 Å². The molecule has 0 unspecified atom stereocenters. The van der Waals surface area contributed by atoms with Crippen molar-refractivity contribution < 1.29 is 9.53 Å². The van der Waals surface area contributed by atoms with Crippen LogP contribution in [0.1, 0.15) is 39.0 Å². The maximum atomic E-state index is 11.2. The molecule has 0 aromatic heterocycles. The average Bonchev–Trinajstić information content (AvgIpc) is 2.03. The summed E-state index contributed by atoms with van der Waals surface area (Å²) in [6.45, 7) is 2.80. The number of carbonyl (C=O) groups is 1. The first-order chi connectivity index (χ1) is 5.34. The summed E-state index contributed by atoms with van der Waals surface area (Å²) in [6.07, 6.45) is 4.82. The van der Waals surface area contributed by atoms with Gasteiger partial charge in [-0.25, -0.2) is 0 Å². The topological polar surface area (TPSA) is 26.3 Å². The largest absolute Gasteiger partial charge is 0.370 e. The number of rotatable bonds is 3. The Labute approximate surface area is 67.9 Å². The summed E-state index contributed by atoms with van der Waals surface area (Å²) in [6, 6.07) is 0. The quantitative estimate of drug-likeness (QED) is 0.624. The van der Waals surface area contributed by atoms with Crippen LogP contribution >= 0.6 is 0 Å². The molecule has 11 heavy (non-hydrogen) atoms. The van der Waals surface area contributed by atoms with Crippen LogP contribution in [0.5, 0.6) is 0 Å². The molecule has 1 aliphatic carbocycles. The van der Waals surface area contributed by atoms with Gasteiger partial charge in [0.25, 0.3) is 0 Å². The zero-order valence-corrected chi connectivity index (χ0v) is 7.14. The predicted molar refractivity (Wildman–Crippen MR) is 43.5 cm³/mol. The molecule has 2 heteroatoms. The lowest BCUT2D eigenvalue weighted by Crippen LogP contribution is -2.27. The molecular formula is C9H16O2. The van der Waals surface area contributed by atoms with Gasteiger partial charge in [0, 0.05) is 13.0 Å². The fourth-order valence-electron chi connectivity index (χ4n) is 1.39. The molecule has 1 fully saturated rings. The van der Waals surface area contributed by atoms with Gasteiger partial charge in [-0.3, -0.25) is 4.79 Å². The zero-order chi connectivity index (χ0) is 8.10. The van der Waals surface area contributed by atoms with Crippen LogP contribution in [0.2, 0.25) is 0 Å². The minimum atomic E-state index is -0.0660. The molecule has 0 radical (unpaired) electrons. The fraction of sp³-hybridized carbons (Fsp3) is 0.889. The lowest BCUT2D eigenvalue weighted by molar-refractivity contribution is -0.133. The van der Waals surface area contributed by atoms with E-state index in [1.54, 1.807) is 0 Å². The first-order valence-electron chi connectivity index (χ1n) is 4.49. The third-order valence-electron chi connectivity index (χ3n) is 2.02. The maximum Gasteiger partial charge on any atom is 0.161 e. The number of carbonyl (C=O) groups excluding carboxylic acids is 1. The van der Waals surface area contributed by atoms with Crippen molar-refractivity contribution in [2.45, 2.75) is 45.1 Å². The highest BCUT2D eigenvalue weighted by Gasteiger charge is 2.21. The normalized spacial score (nSPS) is 25.5. The van der Waals surface area contributed by atoms with E-state index in [2.05, 4.69) is 6.92 Å². The van der Waals surface area contributed by atoms with Crippen molar-refractivity contribution in [1.82, 2.24) is 0 Å². The Morgan fingerprint density at radius 2 is 2.36 bits per heavy atom. The molecule has 1 atom stereocenters. The van der Waals surface area contributed by atoms with Crippen LogP contribution < -0.4 is 0 Å². The summed E-state index contributed by atoms with van der Waals surface area (Å²) < 4.78 is 5.39. The second kappa shape index (κ2) is 4.50. The number of ether oxygens (including phenoxy) is 1. The standard InChI is InChI=1S/C9H16O2/c1-2-7-11-9-6-4-3-5-8(9)10/h9H,2-7H2,1H3/t9-/m0/s1. The van der Waals surface area contributed by atoms with Crippen molar-refractivity contribution in [3.05, 3.63) is 0 Å². The van der Waals surface area contributed by atoms with Gasteiger partial charge >= 0.3 is 0 Å². The van der Waals surface area contributed by atoms with E-state index in [9.17, 15) is 4.79 Å². The maximum absolute atomic E-state index is 11.2. The number of Topliss-reactive ketones (excluding diaryl/α,β-unsaturated/α-hetero) is 1. The minimum Gasteiger partial charge on any atom is -0.370 e. The first-order valence-corrected chi connectivity index (χ1v) is 4.49. The van der Waals surface area contributed by atoms with Crippen LogP contribution in [0.3, 0.4) is 0 Å². The number of hydrogen-bond acceptors (Lipinski definition) is 2. The van der Waals surface area contributed by atoms with E-state index >= 15 is 0 Å². The Kier molecular flexibility index (Phi) is 3.57. The SMILES string of the molecule is CCCO[C@H]1CCCCC1=O. The van der Waals surface area contributed by atoms with E-state index in [1.165, 1.54) is 0 Å². The Hall–Kier alpha value is -0.370. The minimum absolute atomic E-state index is 0.0660. The molecule has 0 amide bonds. The van der Waals surface area contributed by atoms with E-state index in [-0.39, 0.29) is 6.10 Å². The van der Waals surface area contributed by atoms with Crippen LogP contribution in [0.15, 0.2) is 0 Å². The van der Waals surface area contributed by atoms with E-state index < -0.39 is 0 Å². The highest BCUT2D eigenvalue weighted by Crippen LogP contribution is 2.17. The third-order valence-corrected chi connectivity index (χ3v) is 2.02. The van der Waals surface area contributed by atoms with E-state index in [0.717, 1.165) is 38.7 Å². The third kappa shape index (κ3) is 2.62. The van der Waals surface area contributed by atoms with Gasteiger partial charge in [0.15, 0.2) is 5.78 Å². The molecule has 0 aromatic carbocycles. The van der Waals surface area contributed by atoms with Crippen LogP contribution in [-0.2, 0) is 9.53 Å². The number of ketones is 1. The molecule has 0 saturated heterocycles. The summed E-state index contributed by atoms with van der Waals surface area (Å²) in [4.78, 5) is 11.2.